The van der Waals surface area contributed by atoms with E-state index in [4.69, 9.17) is 10.9 Å². The van der Waals surface area contributed by atoms with Gasteiger partial charge in [0.1, 0.15) is 0 Å². The average molecular weight is 252 g/mol. The van der Waals surface area contributed by atoms with Gasteiger partial charge in [0.25, 0.3) is 11.5 Å². The van der Waals surface area contributed by atoms with E-state index in [2.05, 4.69) is 5.16 Å². The van der Waals surface area contributed by atoms with E-state index in [0.29, 0.717) is 6.54 Å². The Kier molecular flexibility index (Phi) is 4.47. The van der Waals surface area contributed by atoms with Crippen molar-refractivity contribution in [3.8, 4) is 0 Å². The van der Waals surface area contributed by atoms with Gasteiger partial charge in [-0.2, -0.15) is 0 Å². The second kappa shape index (κ2) is 5.85. The Morgan fingerprint density at radius 1 is 1.61 bits per heavy atom. The number of oxime groups is 1. The topological polar surface area (TPSA) is 101 Å². The summed E-state index contributed by atoms with van der Waals surface area (Å²) in [4.78, 5) is 24.9. The highest BCUT2D eigenvalue weighted by molar-refractivity contribution is 5.96. The zero-order chi connectivity index (χ0) is 13.7. The molecule has 1 aromatic heterocycles. The van der Waals surface area contributed by atoms with Gasteiger partial charge >= 0.3 is 0 Å². The van der Waals surface area contributed by atoms with Crippen LogP contribution in [0.1, 0.15) is 17.3 Å². The van der Waals surface area contributed by atoms with Crippen LogP contribution in [-0.4, -0.2) is 39.5 Å². The van der Waals surface area contributed by atoms with Gasteiger partial charge in [-0.25, -0.2) is 0 Å². The lowest BCUT2D eigenvalue weighted by Crippen LogP contribution is -2.38. The van der Waals surface area contributed by atoms with E-state index < -0.39 is 0 Å². The fourth-order valence-corrected chi connectivity index (χ4v) is 1.42. The largest absolute Gasteiger partial charge is 0.409 e. The number of hydrogen-bond donors (Lipinski definition) is 2. The average Bonchev–Trinajstić information content (AvgIpc) is 2.38. The molecule has 0 bridgehead atoms. The smallest absolute Gasteiger partial charge is 0.254 e. The monoisotopic (exact) mass is 252 g/mol. The van der Waals surface area contributed by atoms with Crippen LogP contribution in [0, 0.1) is 0 Å². The first-order valence-electron chi connectivity index (χ1n) is 5.42. The summed E-state index contributed by atoms with van der Waals surface area (Å²) < 4.78 is 1.37. The van der Waals surface area contributed by atoms with Crippen LogP contribution in [-0.2, 0) is 7.05 Å². The first-order chi connectivity index (χ1) is 8.49. The van der Waals surface area contributed by atoms with Crippen molar-refractivity contribution in [1.29, 1.82) is 0 Å². The minimum Gasteiger partial charge on any atom is -0.409 e. The molecule has 1 rings (SSSR count). The maximum atomic E-state index is 12.1. The quantitative estimate of drug-likeness (QED) is 0.329. The van der Waals surface area contributed by atoms with Gasteiger partial charge in [-0.1, -0.05) is 5.16 Å². The van der Waals surface area contributed by atoms with Gasteiger partial charge < -0.3 is 20.4 Å². The fourth-order valence-electron chi connectivity index (χ4n) is 1.42. The van der Waals surface area contributed by atoms with Gasteiger partial charge in [-0.3, -0.25) is 9.59 Å². The number of carbonyl (C=O) groups excluding carboxylic acids is 1. The molecule has 1 amide bonds. The van der Waals surface area contributed by atoms with Gasteiger partial charge in [-0.05, 0) is 13.0 Å². The summed E-state index contributed by atoms with van der Waals surface area (Å²) in [5, 5.41) is 11.3. The van der Waals surface area contributed by atoms with Crippen LogP contribution in [0.4, 0.5) is 0 Å². The molecule has 0 saturated carbocycles. The summed E-state index contributed by atoms with van der Waals surface area (Å²) in [6.45, 7) is 2.18. The molecule has 18 heavy (non-hydrogen) atoms. The van der Waals surface area contributed by atoms with E-state index in [0.717, 1.165) is 0 Å². The van der Waals surface area contributed by atoms with E-state index in [-0.39, 0.29) is 29.4 Å². The molecular formula is C11H16N4O3. The summed E-state index contributed by atoms with van der Waals surface area (Å²) in [6, 6.07) is 2.82. The van der Waals surface area contributed by atoms with E-state index >= 15 is 0 Å². The number of pyridine rings is 1. The summed E-state index contributed by atoms with van der Waals surface area (Å²) in [6.07, 6.45) is 1.52. The number of carbonyl (C=O) groups is 1. The van der Waals surface area contributed by atoms with Crippen molar-refractivity contribution in [3.63, 3.8) is 0 Å². The first kappa shape index (κ1) is 13.8. The third-order valence-electron chi connectivity index (χ3n) is 2.50. The molecule has 0 atom stereocenters. The number of nitrogens with two attached hydrogens (primary N) is 1. The minimum atomic E-state index is -0.332. The number of amides is 1. The highest BCUT2D eigenvalue weighted by atomic mass is 16.4. The van der Waals surface area contributed by atoms with Crippen molar-refractivity contribution in [2.75, 3.05) is 13.1 Å². The number of aromatic nitrogens is 1. The van der Waals surface area contributed by atoms with Crippen molar-refractivity contribution in [3.05, 3.63) is 34.2 Å². The molecule has 0 aliphatic heterocycles. The number of amidine groups is 1. The van der Waals surface area contributed by atoms with Crippen LogP contribution in [0.2, 0.25) is 0 Å². The van der Waals surface area contributed by atoms with E-state index in [1.165, 1.54) is 21.7 Å². The molecule has 0 unspecified atom stereocenters. The molecule has 0 aromatic carbocycles. The maximum Gasteiger partial charge on any atom is 0.254 e. The highest BCUT2D eigenvalue weighted by Crippen LogP contribution is 2.02. The van der Waals surface area contributed by atoms with Crippen molar-refractivity contribution in [2.45, 2.75) is 6.92 Å². The molecule has 7 nitrogen and oxygen atoms in total. The lowest BCUT2D eigenvalue weighted by molar-refractivity contribution is 0.0786. The van der Waals surface area contributed by atoms with Gasteiger partial charge in [0, 0.05) is 31.4 Å². The summed E-state index contributed by atoms with van der Waals surface area (Å²) in [5.74, 6) is -0.393. The SMILES string of the molecule is CCN(C/C(N)=N/O)C(=O)c1ccn(C)c(=O)c1. The minimum absolute atomic E-state index is 0.0149. The second-order valence-electron chi connectivity index (χ2n) is 3.78. The zero-order valence-corrected chi connectivity index (χ0v) is 10.3. The second-order valence-corrected chi connectivity index (χ2v) is 3.78. The number of aryl methyl sites for hydroxylation is 1. The van der Waals surface area contributed by atoms with E-state index in [1.54, 1.807) is 20.0 Å². The van der Waals surface area contributed by atoms with Gasteiger partial charge in [0.05, 0.1) is 6.54 Å². The molecule has 1 heterocycles. The number of rotatable bonds is 4. The number of nitrogens with zero attached hydrogens (tertiary/aromatic N) is 3. The molecule has 0 aliphatic carbocycles. The summed E-state index contributed by atoms with van der Waals surface area (Å²) in [7, 11) is 1.60. The third-order valence-corrected chi connectivity index (χ3v) is 2.50. The Bertz CT molecular complexity index is 521. The zero-order valence-electron chi connectivity index (χ0n) is 10.3. The Labute approximate surface area is 104 Å². The molecular weight excluding hydrogens is 236 g/mol. The predicted octanol–water partition coefficient (Wildman–Crippen LogP) is -0.406. The van der Waals surface area contributed by atoms with Crippen LogP contribution in [0.25, 0.3) is 0 Å². The van der Waals surface area contributed by atoms with Crippen LogP contribution < -0.4 is 11.3 Å². The van der Waals surface area contributed by atoms with Crippen LogP contribution in [0.5, 0.6) is 0 Å². The highest BCUT2D eigenvalue weighted by Gasteiger charge is 2.16. The molecule has 0 fully saturated rings. The molecule has 0 radical (unpaired) electrons. The van der Waals surface area contributed by atoms with E-state index in [9.17, 15) is 9.59 Å². The fraction of sp³-hybridized carbons (Fsp3) is 0.364. The van der Waals surface area contributed by atoms with Gasteiger partial charge in [-0.15, -0.1) is 0 Å². The molecule has 1 aromatic rings. The van der Waals surface area contributed by atoms with Crippen LogP contribution in [0.3, 0.4) is 0 Å². The molecule has 0 saturated heterocycles. The van der Waals surface area contributed by atoms with Gasteiger partial charge in [0.15, 0.2) is 5.84 Å². The van der Waals surface area contributed by atoms with Crippen molar-refractivity contribution < 1.29 is 10.0 Å². The number of likely N-dealkylation sites (N-methyl/N-ethyl adjacent to an activating group) is 1. The van der Waals surface area contributed by atoms with Crippen molar-refractivity contribution in [2.24, 2.45) is 17.9 Å². The summed E-state index contributed by atoms with van der Waals surface area (Å²) in [5.41, 5.74) is 5.38. The Morgan fingerprint density at radius 3 is 2.78 bits per heavy atom. The molecule has 98 valence electrons. The number of hydrogen-bond acceptors (Lipinski definition) is 4. The molecule has 0 spiro atoms. The van der Waals surface area contributed by atoms with Crippen LogP contribution >= 0.6 is 0 Å². The van der Waals surface area contributed by atoms with E-state index in [1.807, 2.05) is 0 Å². The Balaban J connectivity index is 2.96. The Morgan fingerprint density at radius 2 is 2.28 bits per heavy atom. The maximum absolute atomic E-state index is 12.1. The first-order valence-corrected chi connectivity index (χ1v) is 5.42. The molecule has 0 aliphatic rings. The van der Waals surface area contributed by atoms with Crippen molar-refractivity contribution in [1.82, 2.24) is 9.47 Å². The summed E-state index contributed by atoms with van der Waals surface area (Å²) >= 11 is 0. The standard InChI is InChI=1S/C11H16N4O3/c1-3-15(7-9(12)13-18)11(17)8-4-5-14(2)10(16)6-8/h4-6,18H,3,7H2,1-2H3,(H2,12,13). The Hall–Kier alpha value is -2.31. The predicted molar refractivity (Wildman–Crippen MR) is 66.7 cm³/mol. The normalized spacial score (nSPS) is 11.3. The lowest BCUT2D eigenvalue weighted by atomic mass is 10.2. The van der Waals surface area contributed by atoms with Gasteiger partial charge in [0.2, 0.25) is 0 Å². The van der Waals surface area contributed by atoms with Crippen LogP contribution in [0.15, 0.2) is 28.3 Å². The molecule has 7 heteroatoms. The molecule has 3 N–H and O–H groups in total. The lowest BCUT2D eigenvalue weighted by Gasteiger charge is -2.19. The third kappa shape index (κ3) is 3.09. The van der Waals surface area contributed by atoms with Crippen molar-refractivity contribution >= 4 is 11.7 Å².